The molecule has 0 spiro atoms. The highest BCUT2D eigenvalue weighted by molar-refractivity contribution is 6.28. The summed E-state index contributed by atoms with van der Waals surface area (Å²) in [5, 5.41) is -0.187. The van der Waals surface area contributed by atoms with Crippen molar-refractivity contribution in [2.45, 2.75) is 12.8 Å². The molecule has 15 heavy (non-hydrogen) atoms. The van der Waals surface area contributed by atoms with Gasteiger partial charge in [0.2, 0.25) is 11.2 Å². The molecule has 0 aromatic carbocycles. The number of nitrogens with zero attached hydrogens (tertiary/aromatic N) is 3. The topological polar surface area (TPSA) is 73.9 Å². The van der Waals surface area contributed by atoms with Gasteiger partial charge in [0.25, 0.3) is 0 Å². The molecule has 0 atom stereocenters. The molecule has 0 saturated carbocycles. The van der Waals surface area contributed by atoms with Crippen molar-refractivity contribution in [1.29, 1.82) is 0 Å². The largest absolute Gasteiger partial charge is 0.411 e. The van der Waals surface area contributed by atoms with Crippen LogP contribution in [0.1, 0.15) is 5.82 Å². The smallest absolute Gasteiger partial charge is 0.368 e. The fraction of sp³-hybridized carbons (Fsp3) is 0.500. The summed E-state index contributed by atoms with van der Waals surface area (Å²) < 4.78 is 39.4. The van der Waals surface area contributed by atoms with Crippen LogP contribution >= 0.6 is 11.6 Å². The molecule has 1 aromatic heterocycles. The second-order valence-electron chi connectivity index (χ2n) is 2.49. The molecule has 2 N–H and O–H groups in total. The average molecular weight is 243 g/mol. The van der Waals surface area contributed by atoms with E-state index in [0.717, 1.165) is 0 Å². The van der Waals surface area contributed by atoms with Crippen LogP contribution < -0.4 is 5.73 Å². The summed E-state index contributed by atoms with van der Waals surface area (Å²) in [5.74, 6) is -0.211. The molecule has 5 nitrogen and oxygen atoms in total. The molecule has 0 fully saturated rings. The van der Waals surface area contributed by atoms with Crippen LogP contribution in [0.4, 0.5) is 19.1 Å². The van der Waals surface area contributed by atoms with Crippen LogP contribution in [0, 0.1) is 0 Å². The zero-order valence-electron chi connectivity index (χ0n) is 7.25. The summed E-state index contributed by atoms with van der Waals surface area (Å²) in [6.45, 7) is -1.80. The third kappa shape index (κ3) is 4.75. The molecule has 1 aromatic rings. The van der Waals surface area contributed by atoms with Crippen LogP contribution in [-0.2, 0) is 11.3 Å². The molecule has 0 bridgehead atoms. The van der Waals surface area contributed by atoms with E-state index in [-0.39, 0.29) is 17.1 Å². The maximum atomic E-state index is 11.7. The minimum absolute atomic E-state index is 0.0447. The van der Waals surface area contributed by atoms with Crippen LogP contribution in [0.2, 0.25) is 5.28 Å². The number of rotatable bonds is 3. The molecule has 84 valence electrons. The number of hydrogen-bond donors (Lipinski definition) is 1. The fourth-order valence-corrected chi connectivity index (χ4v) is 0.915. The zero-order chi connectivity index (χ0) is 11.5. The maximum absolute atomic E-state index is 11.7. The molecule has 0 aliphatic carbocycles. The molecule has 0 aliphatic heterocycles. The average Bonchev–Trinajstić information content (AvgIpc) is 1.99. The molecule has 1 heterocycles. The Bertz CT molecular complexity index is 325. The van der Waals surface area contributed by atoms with Crippen molar-refractivity contribution in [2.24, 2.45) is 0 Å². The van der Waals surface area contributed by atoms with Crippen LogP contribution in [0.3, 0.4) is 0 Å². The SMILES string of the molecule is Nc1nc(Cl)nc(COCC(F)(F)F)n1. The highest BCUT2D eigenvalue weighted by Gasteiger charge is 2.27. The predicted octanol–water partition coefficient (Wildman–Crippen LogP) is 1.19. The lowest BCUT2D eigenvalue weighted by Gasteiger charge is -2.06. The summed E-state index contributed by atoms with van der Waals surface area (Å²) in [6, 6.07) is 0. The number of hydrogen-bond acceptors (Lipinski definition) is 5. The molecule has 0 aliphatic rings. The van der Waals surface area contributed by atoms with E-state index in [9.17, 15) is 13.2 Å². The van der Waals surface area contributed by atoms with Gasteiger partial charge in [0.15, 0.2) is 5.82 Å². The number of halogens is 4. The Balaban J connectivity index is 2.51. The minimum Gasteiger partial charge on any atom is -0.368 e. The van der Waals surface area contributed by atoms with Gasteiger partial charge in [-0.1, -0.05) is 0 Å². The van der Waals surface area contributed by atoms with E-state index in [1.54, 1.807) is 0 Å². The first-order valence-electron chi connectivity index (χ1n) is 3.67. The number of nitrogens with two attached hydrogens (primary N) is 1. The molecule has 0 radical (unpaired) electrons. The molecule has 1 rings (SSSR count). The Hall–Kier alpha value is -1.15. The number of ether oxygens (including phenoxy) is 1. The summed E-state index contributed by atoms with van der Waals surface area (Å²) in [7, 11) is 0. The van der Waals surface area contributed by atoms with Gasteiger partial charge in [0.1, 0.15) is 13.2 Å². The second kappa shape index (κ2) is 4.58. The van der Waals surface area contributed by atoms with E-state index in [0.29, 0.717) is 0 Å². The number of anilines is 1. The van der Waals surface area contributed by atoms with Gasteiger partial charge >= 0.3 is 6.18 Å². The zero-order valence-corrected chi connectivity index (χ0v) is 8.01. The minimum atomic E-state index is -4.39. The van der Waals surface area contributed by atoms with Gasteiger partial charge in [-0.25, -0.2) is 4.98 Å². The molecule has 0 amide bonds. The summed E-state index contributed by atoms with van der Waals surface area (Å²) in [5.41, 5.74) is 5.19. The molecular weight excluding hydrogens is 237 g/mol. The van der Waals surface area contributed by atoms with Crippen molar-refractivity contribution in [2.75, 3.05) is 12.3 Å². The highest BCUT2D eigenvalue weighted by Crippen LogP contribution is 2.15. The lowest BCUT2D eigenvalue weighted by Crippen LogP contribution is -2.17. The Labute approximate surface area is 87.4 Å². The lowest BCUT2D eigenvalue weighted by atomic mass is 10.6. The first kappa shape index (κ1) is 11.9. The van der Waals surface area contributed by atoms with Crippen LogP contribution in [0.5, 0.6) is 0 Å². The van der Waals surface area contributed by atoms with Gasteiger partial charge in [-0.2, -0.15) is 23.1 Å². The third-order valence-corrected chi connectivity index (χ3v) is 1.34. The Morgan fingerprint density at radius 2 is 1.93 bits per heavy atom. The van der Waals surface area contributed by atoms with Crippen molar-refractivity contribution in [3.8, 4) is 0 Å². The third-order valence-electron chi connectivity index (χ3n) is 1.17. The van der Waals surface area contributed by atoms with E-state index in [4.69, 9.17) is 17.3 Å². The monoisotopic (exact) mass is 242 g/mol. The van der Waals surface area contributed by atoms with E-state index in [2.05, 4.69) is 19.7 Å². The Morgan fingerprint density at radius 1 is 1.27 bits per heavy atom. The molecule has 0 unspecified atom stereocenters. The first-order valence-corrected chi connectivity index (χ1v) is 4.05. The van der Waals surface area contributed by atoms with Gasteiger partial charge in [-0.15, -0.1) is 0 Å². The Kier molecular flexibility index (Phi) is 3.64. The summed E-state index contributed by atoms with van der Waals surface area (Å²) in [6.07, 6.45) is -4.39. The molecular formula is C6H6ClF3N4O. The van der Waals surface area contributed by atoms with Crippen LogP contribution in [-0.4, -0.2) is 27.7 Å². The quantitative estimate of drug-likeness (QED) is 0.862. The van der Waals surface area contributed by atoms with E-state index >= 15 is 0 Å². The standard InChI is InChI=1S/C6H6ClF3N4O/c7-4-12-3(13-5(11)14-4)1-15-2-6(8,9)10/h1-2H2,(H2,11,12,13,14). The Morgan fingerprint density at radius 3 is 2.47 bits per heavy atom. The number of nitrogen functional groups attached to an aromatic ring is 1. The van der Waals surface area contributed by atoms with Gasteiger partial charge in [-0.05, 0) is 11.6 Å². The highest BCUT2D eigenvalue weighted by atomic mass is 35.5. The fourth-order valence-electron chi connectivity index (χ4n) is 0.731. The van der Waals surface area contributed by atoms with Gasteiger partial charge in [0.05, 0.1) is 0 Å². The molecule has 0 saturated heterocycles. The van der Waals surface area contributed by atoms with E-state index in [1.807, 2.05) is 0 Å². The summed E-state index contributed by atoms with van der Waals surface area (Å²) in [4.78, 5) is 10.5. The lowest BCUT2D eigenvalue weighted by molar-refractivity contribution is -0.177. The maximum Gasteiger partial charge on any atom is 0.411 e. The van der Waals surface area contributed by atoms with E-state index < -0.39 is 19.4 Å². The summed E-state index contributed by atoms with van der Waals surface area (Å²) >= 11 is 5.40. The van der Waals surface area contributed by atoms with Gasteiger partial charge in [-0.3, -0.25) is 0 Å². The van der Waals surface area contributed by atoms with Crippen LogP contribution in [0.25, 0.3) is 0 Å². The number of aromatic nitrogens is 3. The van der Waals surface area contributed by atoms with Crippen molar-refractivity contribution in [1.82, 2.24) is 15.0 Å². The second-order valence-corrected chi connectivity index (χ2v) is 2.82. The van der Waals surface area contributed by atoms with Crippen molar-refractivity contribution in [3.05, 3.63) is 11.1 Å². The normalized spacial score (nSPS) is 11.7. The van der Waals surface area contributed by atoms with E-state index in [1.165, 1.54) is 0 Å². The van der Waals surface area contributed by atoms with Gasteiger partial charge in [0, 0.05) is 0 Å². The van der Waals surface area contributed by atoms with Crippen molar-refractivity contribution < 1.29 is 17.9 Å². The van der Waals surface area contributed by atoms with Crippen molar-refractivity contribution >= 4 is 17.5 Å². The van der Waals surface area contributed by atoms with Gasteiger partial charge < -0.3 is 10.5 Å². The first-order chi connectivity index (χ1) is 6.87. The van der Waals surface area contributed by atoms with Crippen molar-refractivity contribution in [3.63, 3.8) is 0 Å². The van der Waals surface area contributed by atoms with Crippen LogP contribution in [0.15, 0.2) is 0 Å². The number of alkyl halides is 3. The molecule has 9 heteroatoms. The predicted molar refractivity (Wildman–Crippen MR) is 45.0 cm³/mol.